The Morgan fingerprint density at radius 3 is 2.50 bits per heavy atom. The second-order valence-corrected chi connectivity index (χ2v) is 8.76. The molecule has 1 N–H and O–H groups in total. The van der Waals surface area contributed by atoms with Gasteiger partial charge < -0.3 is 15.0 Å². The van der Waals surface area contributed by atoms with Gasteiger partial charge in [0, 0.05) is 18.7 Å². The van der Waals surface area contributed by atoms with Crippen molar-refractivity contribution in [1.82, 2.24) is 14.7 Å². The maximum Gasteiger partial charge on any atom is 0.259 e. The molecule has 0 radical (unpaired) electrons. The number of nitrogens with one attached hydrogen (secondary N) is 1. The van der Waals surface area contributed by atoms with E-state index in [-0.39, 0.29) is 29.5 Å². The molecule has 0 saturated carbocycles. The molecule has 2 amide bonds. The summed E-state index contributed by atoms with van der Waals surface area (Å²) in [6.45, 7) is 8.57. The van der Waals surface area contributed by atoms with E-state index in [9.17, 15) is 14.4 Å². The Bertz CT molecular complexity index is 1240. The van der Waals surface area contributed by atoms with Crippen molar-refractivity contribution in [2.24, 2.45) is 0 Å². The predicted octanol–water partition coefficient (Wildman–Crippen LogP) is 4.35. The molecule has 2 heterocycles. The smallest absolute Gasteiger partial charge is 0.259 e. The molecule has 0 saturated heterocycles. The van der Waals surface area contributed by atoms with E-state index < -0.39 is 11.5 Å². The Morgan fingerprint density at radius 2 is 1.82 bits per heavy atom. The number of ether oxygens (including phenoxy) is 1. The molecule has 176 valence electrons. The van der Waals surface area contributed by atoms with Gasteiger partial charge in [-0.1, -0.05) is 18.2 Å². The molecule has 2 aromatic carbocycles. The number of ketones is 1. The fourth-order valence-electron chi connectivity index (χ4n) is 4.04. The summed E-state index contributed by atoms with van der Waals surface area (Å²) in [6, 6.07) is 14.0. The van der Waals surface area contributed by atoms with Crippen LogP contribution in [-0.4, -0.2) is 51.0 Å². The predicted molar refractivity (Wildman–Crippen MR) is 129 cm³/mol. The monoisotopic (exact) mass is 460 g/mol. The van der Waals surface area contributed by atoms with Crippen molar-refractivity contribution >= 4 is 23.4 Å². The molecule has 0 spiro atoms. The van der Waals surface area contributed by atoms with Crippen LogP contribution in [0.3, 0.4) is 0 Å². The maximum atomic E-state index is 13.3. The Morgan fingerprint density at radius 1 is 1.12 bits per heavy atom. The average molecular weight is 461 g/mol. The number of para-hydroxylation sites is 1. The summed E-state index contributed by atoms with van der Waals surface area (Å²) in [6.07, 6.45) is 1.70. The summed E-state index contributed by atoms with van der Waals surface area (Å²) in [4.78, 5) is 40.7. The quantitative estimate of drug-likeness (QED) is 0.590. The van der Waals surface area contributed by atoms with E-state index in [1.165, 1.54) is 16.9 Å². The molecule has 4 rings (SSSR count). The number of rotatable bonds is 6. The van der Waals surface area contributed by atoms with Crippen molar-refractivity contribution in [2.45, 2.75) is 39.7 Å². The van der Waals surface area contributed by atoms with Crippen LogP contribution in [-0.2, 0) is 0 Å². The molecule has 0 bridgehead atoms. The third-order valence-corrected chi connectivity index (χ3v) is 5.80. The van der Waals surface area contributed by atoms with E-state index in [1.807, 2.05) is 58.0 Å². The minimum absolute atomic E-state index is 0.0763. The lowest BCUT2D eigenvalue weighted by atomic mass is 9.92. The van der Waals surface area contributed by atoms with Crippen LogP contribution in [0, 0.1) is 0 Å². The minimum atomic E-state index is -0.588. The highest BCUT2D eigenvalue weighted by molar-refractivity contribution is 6.10. The first-order chi connectivity index (χ1) is 16.2. The number of nitrogens with zero attached hydrogens (tertiary/aromatic N) is 3. The number of hydrogen-bond donors (Lipinski definition) is 1. The Hall–Kier alpha value is -3.94. The van der Waals surface area contributed by atoms with Gasteiger partial charge in [0.25, 0.3) is 11.8 Å². The number of carbonyl (C=O) groups is 3. The van der Waals surface area contributed by atoms with E-state index in [1.54, 1.807) is 17.0 Å². The first-order valence-electron chi connectivity index (χ1n) is 11.3. The van der Waals surface area contributed by atoms with Gasteiger partial charge in [0.1, 0.15) is 22.7 Å². The largest absolute Gasteiger partial charge is 0.487 e. The molecule has 0 unspecified atom stereocenters. The summed E-state index contributed by atoms with van der Waals surface area (Å²) >= 11 is 0. The molecule has 8 nitrogen and oxygen atoms in total. The number of fused-ring (bicyclic) bond motifs is 1. The molecule has 1 aromatic heterocycles. The molecular formula is C26H28N4O4. The van der Waals surface area contributed by atoms with Gasteiger partial charge in [0.2, 0.25) is 0 Å². The number of anilines is 1. The van der Waals surface area contributed by atoms with E-state index in [2.05, 4.69) is 10.4 Å². The third-order valence-electron chi connectivity index (χ3n) is 5.80. The van der Waals surface area contributed by atoms with E-state index >= 15 is 0 Å². The Balaban J connectivity index is 1.71. The number of carbonyl (C=O) groups excluding carboxylic acids is 3. The van der Waals surface area contributed by atoms with Crippen molar-refractivity contribution in [3.05, 3.63) is 71.4 Å². The van der Waals surface area contributed by atoms with Crippen molar-refractivity contribution in [3.63, 3.8) is 0 Å². The number of amides is 2. The molecule has 0 fully saturated rings. The summed E-state index contributed by atoms with van der Waals surface area (Å²) in [5, 5.41) is 7.24. The fraction of sp³-hybridized carbons (Fsp3) is 0.308. The van der Waals surface area contributed by atoms with Crippen LogP contribution in [0.2, 0.25) is 0 Å². The van der Waals surface area contributed by atoms with Gasteiger partial charge in [0.15, 0.2) is 5.78 Å². The molecule has 1 aliphatic heterocycles. The van der Waals surface area contributed by atoms with Crippen molar-refractivity contribution in [1.29, 1.82) is 0 Å². The number of benzene rings is 2. The maximum absolute atomic E-state index is 13.3. The summed E-state index contributed by atoms with van der Waals surface area (Å²) in [5.74, 6) is -0.0165. The van der Waals surface area contributed by atoms with Gasteiger partial charge in [-0.2, -0.15) is 5.10 Å². The van der Waals surface area contributed by atoms with Crippen LogP contribution in [0.1, 0.15) is 65.2 Å². The van der Waals surface area contributed by atoms with Gasteiger partial charge in [-0.25, -0.2) is 4.68 Å². The van der Waals surface area contributed by atoms with Gasteiger partial charge in [-0.15, -0.1) is 0 Å². The fourth-order valence-corrected chi connectivity index (χ4v) is 4.04. The Labute approximate surface area is 198 Å². The van der Waals surface area contributed by atoms with Crippen LogP contribution in [0.25, 0.3) is 5.69 Å². The average Bonchev–Trinajstić information content (AvgIpc) is 3.22. The molecule has 3 aromatic rings. The lowest BCUT2D eigenvalue weighted by molar-refractivity contribution is 0.0619. The normalized spacial score (nSPS) is 14.2. The van der Waals surface area contributed by atoms with E-state index in [0.29, 0.717) is 35.7 Å². The molecule has 1 aliphatic rings. The summed E-state index contributed by atoms with van der Waals surface area (Å²) in [5.41, 5.74) is 1.07. The number of aromatic nitrogens is 2. The number of Topliss-reactive ketones (excluding diaryl/α,β-unsaturated/α-hetero) is 1. The molecular weight excluding hydrogens is 432 g/mol. The zero-order chi connectivity index (χ0) is 24.5. The lowest BCUT2D eigenvalue weighted by Gasteiger charge is -2.31. The third kappa shape index (κ3) is 4.44. The van der Waals surface area contributed by atoms with Crippen LogP contribution < -0.4 is 10.1 Å². The van der Waals surface area contributed by atoms with Crippen LogP contribution in [0.4, 0.5) is 5.82 Å². The second kappa shape index (κ2) is 9.13. The lowest BCUT2D eigenvalue weighted by Crippen LogP contribution is -2.36. The van der Waals surface area contributed by atoms with Crippen LogP contribution >= 0.6 is 0 Å². The van der Waals surface area contributed by atoms with E-state index in [4.69, 9.17) is 4.74 Å². The minimum Gasteiger partial charge on any atom is -0.487 e. The zero-order valence-corrected chi connectivity index (χ0v) is 19.8. The van der Waals surface area contributed by atoms with Crippen molar-refractivity contribution < 1.29 is 19.1 Å². The van der Waals surface area contributed by atoms with Gasteiger partial charge >= 0.3 is 0 Å². The highest BCUT2D eigenvalue weighted by Gasteiger charge is 2.33. The molecule has 34 heavy (non-hydrogen) atoms. The Kier molecular flexibility index (Phi) is 6.24. The van der Waals surface area contributed by atoms with Crippen LogP contribution in [0.15, 0.2) is 54.7 Å². The SMILES string of the molecule is CCN(CC)C(=O)c1cnn(-c2ccccc2)c1NC(=O)c1ccc2c(c1)C(=O)CC(C)(C)O2. The highest BCUT2D eigenvalue weighted by Crippen LogP contribution is 2.34. The first kappa shape index (κ1) is 23.2. The summed E-state index contributed by atoms with van der Waals surface area (Å²) in [7, 11) is 0. The highest BCUT2D eigenvalue weighted by atomic mass is 16.5. The molecule has 0 aliphatic carbocycles. The van der Waals surface area contributed by atoms with Gasteiger partial charge in [0.05, 0.1) is 23.9 Å². The zero-order valence-electron chi connectivity index (χ0n) is 19.8. The van der Waals surface area contributed by atoms with Crippen molar-refractivity contribution in [2.75, 3.05) is 18.4 Å². The van der Waals surface area contributed by atoms with Gasteiger partial charge in [-0.3, -0.25) is 14.4 Å². The van der Waals surface area contributed by atoms with E-state index in [0.717, 1.165) is 0 Å². The van der Waals surface area contributed by atoms with Crippen molar-refractivity contribution in [3.8, 4) is 11.4 Å². The second-order valence-electron chi connectivity index (χ2n) is 8.76. The van der Waals surface area contributed by atoms with Gasteiger partial charge in [-0.05, 0) is 58.0 Å². The summed E-state index contributed by atoms with van der Waals surface area (Å²) < 4.78 is 7.42. The topological polar surface area (TPSA) is 93.5 Å². The molecule has 8 heteroatoms. The number of hydrogen-bond acceptors (Lipinski definition) is 5. The standard InChI is InChI=1S/C26H28N4O4/c1-5-29(6-2)25(33)20-16-27-30(18-10-8-7-9-11-18)23(20)28-24(32)17-12-13-22-19(14-17)21(31)15-26(3,4)34-22/h7-14,16H,5-6,15H2,1-4H3,(H,28,32). The first-order valence-corrected chi connectivity index (χ1v) is 11.3. The molecule has 0 atom stereocenters. The van der Waals surface area contributed by atoms with Crippen LogP contribution in [0.5, 0.6) is 5.75 Å².